The maximum Gasteiger partial charge on any atom is 0.250 e. The molecule has 0 unspecified atom stereocenters. The number of hydrogen-bond acceptors (Lipinski definition) is 7. The zero-order valence-corrected chi connectivity index (χ0v) is 20.1. The summed E-state index contributed by atoms with van der Waals surface area (Å²) in [6.07, 6.45) is 0.209. The number of fused-ring (bicyclic) bond motifs is 5. The molecule has 4 amide bonds. The van der Waals surface area contributed by atoms with Gasteiger partial charge in [-0.25, -0.2) is 0 Å². The number of nitrogens with zero attached hydrogens (tertiary/aromatic N) is 1. The average Bonchev–Trinajstić information content (AvgIpc) is 3.55. The lowest BCUT2D eigenvalue weighted by molar-refractivity contribution is -0.143. The molecule has 11 heteroatoms. The average molecular weight is 511 g/mol. The highest BCUT2D eigenvalue weighted by atomic mass is 35.5. The number of carbonyl (C=O) groups excluding carboxylic acids is 4. The molecule has 2 fully saturated rings. The third-order valence-electron chi connectivity index (χ3n) is 7.49. The lowest BCUT2D eigenvalue weighted by atomic mass is 9.76. The van der Waals surface area contributed by atoms with Gasteiger partial charge in [0, 0.05) is 18.0 Å². The summed E-state index contributed by atoms with van der Waals surface area (Å²) in [7, 11) is 0. The van der Waals surface area contributed by atoms with Gasteiger partial charge >= 0.3 is 0 Å². The minimum Gasteiger partial charge on any atom is -0.454 e. The van der Waals surface area contributed by atoms with E-state index in [0.717, 1.165) is 5.56 Å². The molecule has 4 heterocycles. The lowest BCUT2D eigenvalue weighted by Gasteiger charge is -2.29. The Morgan fingerprint density at radius 1 is 1.17 bits per heavy atom. The SMILES string of the molecule is Cc1cc(Cl)c2c(c1)[C@]1(N[C@H](CCC(N)=O)[C@H]3C(=O)N(Cc4ccc5c(c4)OCO5)C(=O)[C@H]31)C(=O)N2. The van der Waals surface area contributed by atoms with Crippen molar-refractivity contribution in [3.63, 3.8) is 0 Å². The van der Waals surface area contributed by atoms with Crippen LogP contribution >= 0.6 is 11.6 Å². The normalized spacial score (nSPS) is 27.6. The molecule has 186 valence electrons. The van der Waals surface area contributed by atoms with Crippen LogP contribution in [0, 0.1) is 18.8 Å². The fourth-order valence-corrected chi connectivity index (χ4v) is 6.30. The van der Waals surface area contributed by atoms with Gasteiger partial charge in [0.1, 0.15) is 5.54 Å². The van der Waals surface area contributed by atoms with Crippen molar-refractivity contribution in [1.82, 2.24) is 10.2 Å². The minimum absolute atomic E-state index is 0.00362. The Morgan fingerprint density at radius 3 is 2.72 bits per heavy atom. The van der Waals surface area contributed by atoms with Crippen molar-refractivity contribution in [2.45, 2.75) is 37.9 Å². The van der Waals surface area contributed by atoms with Gasteiger partial charge in [0.05, 0.1) is 29.1 Å². The van der Waals surface area contributed by atoms with Gasteiger partial charge in [-0.1, -0.05) is 23.7 Å². The van der Waals surface area contributed by atoms with E-state index < -0.39 is 47.0 Å². The molecular weight excluding hydrogens is 488 g/mol. The number of rotatable bonds is 5. The van der Waals surface area contributed by atoms with Crippen molar-refractivity contribution in [1.29, 1.82) is 0 Å². The predicted molar refractivity (Wildman–Crippen MR) is 127 cm³/mol. The zero-order chi connectivity index (χ0) is 25.4. The summed E-state index contributed by atoms with van der Waals surface area (Å²) in [6, 6.07) is 8.14. The van der Waals surface area contributed by atoms with Gasteiger partial charge in [0.15, 0.2) is 11.5 Å². The number of aryl methyl sites for hydroxylation is 1. The number of nitrogens with two attached hydrogens (primary N) is 1. The van der Waals surface area contributed by atoms with Gasteiger partial charge in [0.2, 0.25) is 30.4 Å². The number of carbonyl (C=O) groups is 4. The monoisotopic (exact) mass is 510 g/mol. The summed E-state index contributed by atoms with van der Waals surface area (Å²) in [5.41, 5.74) is 6.34. The molecule has 36 heavy (non-hydrogen) atoms. The largest absolute Gasteiger partial charge is 0.454 e. The molecule has 0 saturated carbocycles. The molecule has 2 aromatic rings. The number of halogens is 1. The number of primary amides is 1. The van der Waals surface area contributed by atoms with Crippen LogP contribution in [0.25, 0.3) is 0 Å². The molecule has 2 saturated heterocycles. The number of nitrogens with one attached hydrogen (secondary N) is 2. The number of anilines is 1. The van der Waals surface area contributed by atoms with Crippen molar-refractivity contribution in [2.75, 3.05) is 12.1 Å². The van der Waals surface area contributed by atoms with Gasteiger partial charge in [0.25, 0.3) is 0 Å². The van der Waals surface area contributed by atoms with Crippen LogP contribution < -0.4 is 25.8 Å². The van der Waals surface area contributed by atoms with Crippen molar-refractivity contribution in [2.24, 2.45) is 17.6 Å². The van der Waals surface area contributed by atoms with E-state index >= 15 is 0 Å². The first-order chi connectivity index (χ1) is 17.2. The predicted octanol–water partition coefficient (Wildman–Crippen LogP) is 1.56. The molecule has 0 aliphatic carbocycles. The Balaban J connectivity index is 1.42. The van der Waals surface area contributed by atoms with Crippen molar-refractivity contribution < 1.29 is 28.7 Å². The van der Waals surface area contributed by atoms with Crippen LogP contribution in [0.15, 0.2) is 30.3 Å². The van der Waals surface area contributed by atoms with E-state index in [1.165, 1.54) is 4.90 Å². The van der Waals surface area contributed by atoms with Crippen LogP contribution in [0.3, 0.4) is 0 Å². The maximum atomic E-state index is 13.9. The Hall–Kier alpha value is -3.63. The summed E-state index contributed by atoms with van der Waals surface area (Å²) in [6.45, 7) is 1.97. The maximum absolute atomic E-state index is 13.9. The molecule has 4 N–H and O–H groups in total. The molecule has 2 aromatic carbocycles. The number of amides is 4. The van der Waals surface area contributed by atoms with Crippen molar-refractivity contribution >= 4 is 40.9 Å². The van der Waals surface area contributed by atoms with E-state index in [9.17, 15) is 19.2 Å². The number of hydrogen-bond donors (Lipinski definition) is 3. The molecule has 0 radical (unpaired) electrons. The summed E-state index contributed by atoms with van der Waals surface area (Å²) < 4.78 is 10.8. The van der Waals surface area contributed by atoms with Gasteiger partial charge in [-0.15, -0.1) is 0 Å². The fraction of sp³-hybridized carbons (Fsp3) is 0.360. The number of ether oxygens (including phenoxy) is 2. The molecule has 4 aliphatic heterocycles. The summed E-state index contributed by atoms with van der Waals surface area (Å²) in [4.78, 5) is 53.9. The van der Waals surface area contributed by atoms with Gasteiger partial charge in [-0.3, -0.25) is 29.4 Å². The quantitative estimate of drug-likeness (QED) is 0.518. The standard InChI is InChI=1S/C25H23ClN4O6/c1-11-6-13-21(14(26)7-11)28-24(34)25(13)20-19(15(29-25)3-5-18(27)31)22(32)30(23(20)33)9-12-2-4-16-17(8-12)36-10-35-16/h2,4,6-8,15,19-20,29H,3,5,9-10H2,1H3,(H2,27,31)(H,28,34)/t15-,19-,20+,25-/m1/s1. The van der Waals surface area contributed by atoms with E-state index in [4.69, 9.17) is 26.8 Å². The second-order valence-corrected chi connectivity index (χ2v) is 10.0. The van der Waals surface area contributed by atoms with Crippen LogP contribution in [0.5, 0.6) is 11.5 Å². The Bertz CT molecular complexity index is 1360. The highest BCUT2D eigenvalue weighted by molar-refractivity contribution is 6.35. The van der Waals surface area contributed by atoms with Gasteiger partial charge in [-0.05, 0) is 42.7 Å². The van der Waals surface area contributed by atoms with E-state index in [-0.39, 0.29) is 26.2 Å². The highest BCUT2D eigenvalue weighted by Crippen LogP contribution is 2.55. The first-order valence-electron chi connectivity index (χ1n) is 11.6. The zero-order valence-electron chi connectivity index (χ0n) is 19.3. The molecule has 0 bridgehead atoms. The molecule has 4 aliphatic rings. The molecular formula is C25H23ClN4O6. The van der Waals surface area contributed by atoms with Crippen molar-refractivity contribution in [3.05, 3.63) is 52.0 Å². The molecule has 10 nitrogen and oxygen atoms in total. The third kappa shape index (κ3) is 3.14. The summed E-state index contributed by atoms with van der Waals surface area (Å²) >= 11 is 6.44. The first-order valence-corrected chi connectivity index (χ1v) is 12.0. The Kier molecular flexibility index (Phi) is 5.03. The highest BCUT2D eigenvalue weighted by Gasteiger charge is 2.70. The second kappa shape index (κ2) is 7.94. The van der Waals surface area contributed by atoms with Crippen LogP contribution in [-0.4, -0.2) is 41.4 Å². The summed E-state index contributed by atoms with van der Waals surface area (Å²) in [5, 5.41) is 6.44. The van der Waals surface area contributed by atoms with Gasteiger partial charge in [-0.2, -0.15) is 0 Å². The lowest BCUT2D eigenvalue weighted by Crippen LogP contribution is -2.53. The molecule has 0 aromatic heterocycles. The van der Waals surface area contributed by atoms with Gasteiger partial charge < -0.3 is 20.5 Å². The Labute approximate surface area is 211 Å². The van der Waals surface area contributed by atoms with Crippen LogP contribution in [-0.2, 0) is 31.3 Å². The smallest absolute Gasteiger partial charge is 0.250 e. The van der Waals surface area contributed by atoms with E-state index in [2.05, 4.69) is 10.6 Å². The van der Waals surface area contributed by atoms with E-state index in [1.54, 1.807) is 30.3 Å². The van der Waals surface area contributed by atoms with E-state index in [0.29, 0.717) is 33.3 Å². The van der Waals surface area contributed by atoms with Crippen molar-refractivity contribution in [3.8, 4) is 11.5 Å². The van der Waals surface area contributed by atoms with Crippen LogP contribution in [0.2, 0.25) is 5.02 Å². The Morgan fingerprint density at radius 2 is 1.94 bits per heavy atom. The third-order valence-corrected chi connectivity index (χ3v) is 7.79. The number of likely N-dealkylation sites (tertiary alicyclic amines) is 1. The number of benzene rings is 2. The summed E-state index contributed by atoms with van der Waals surface area (Å²) in [5.74, 6) is -2.56. The molecule has 1 spiro atoms. The second-order valence-electron chi connectivity index (χ2n) is 9.64. The number of imide groups is 1. The first kappa shape index (κ1) is 22.8. The fourth-order valence-electron chi connectivity index (χ4n) is 5.98. The van der Waals surface area contributed by atoms with E-state index in [1.807, 2.05) is 6.92 Å². The molecule has 6 rings (SSSR count). The molecule has 4 atom stereocenters. The van der Waals surface area contributed by atoms with Crippen LogP contribution in [0.1, 0.15) is 29.5 Å². The topological polar surface area (TPSA) is 140 Å². The van der Waals surface area contributed by atoms with Crippen LogP contribution in [0.4, 0.5) is 5.69 Å². The minimum atomic E-state index is -1.49.